The Morgan fingerprint density at radius 3 is 2.71 bits per heavy atom. The van der Waals surface area contributed by atoms with Gasteiger partial charge < -0.3 is 15.5 Å². The molecule has 6 heteroatoms. The smallest absolute Gasteiger partial charge is 0.228 e. The number of carbonyl (C=O) groups excluding carboxylic acids is 2. The number of benzene rings is 1. The molecule has 2 aliphatic rings. The number of halogens is 1. The van der Waals surface area contributed by atoms with Crippen molar-refractivity contribution in [2.75, 3.05) is 24.5 Å². The molecule has 0 radical (unpaired) electrons. The first-order chi connectivity index (χ1) is 11.3. The molecule has 130 valence electrons. The van der Waals surface area contributed by atoms with E-state index in [1.165, 1.54) is 0 Å². The highest BCUT2D eigenvalue weighted by Gasteiger charge is 2.41. The maximum absolute atomic E-state index is 12.9. The van der Waals surface area contributed by atoms with Crippen molar-refractivity contribution in [3.63, 3.8) is 0 Å². The van der Waals surface area contributed by atoms with Gasteiger partial charge in [-0.25, -0.2) is 0 Å². The number of likely N-dealkylation sites (tertiary alicyclic amines) is 1. The first-order valence-corrected chi connectivity index (χ1v) is 9.18. The molecule has 0 spiro atoms. The van der Waals surface area contributed by atoms with Crippen LogP contribution >= 0.6 is 15.9 Å². The molecule has 0 saturated carbocycles. The minimum absolute atomic E-state index is 0.00761. The first-order valence-electron chi connectivity index (χ1n) is 8.39. The van der Waals surface area contributed by atoms with Gasteiger partial charge in [0.05, 0.1) is 11.6 Å². The second-order valence-corrected chi connectivity index (χ2v) is 8.35. The van der Waals surface area contributed by atoms with Crippen LogP contribution in [0.1, 0.15) is 26.7 Å². The fourth-order valence-corrected chi connectivity index (χ4v) is 4.10. The lowest BCUT2D eigenvalue weighted by molar-refractivity contribution is -0.139. The topological polar surface area (TPSA) is 66.6 Å². The Labute approximate surface area is 151 Å². The zero-order valence-electron chi connectivity index (χ0n) is 14.2. The number of para-hydroxylation sites is 1. The van der Waals surface area contributed by atoms with Crippen LogP contribution in [0.25, 0.3) is 0 Å². The largest absolute Gasteiger partial charge is 0.342 e. The summed E-state index contributed by atoms with van der Waals surface area (Å²) >= 11 is 3.49. The van der Waals surface area contributed by atoms with E-state index in [-0.39, 0.29) is 35.6 Å². The van der Waals surface area contributed by atoms with Crippen LogP contribution in [0.2, 0.25) is 0 Å². The number of piperidine rings is 1. The fraction of sp³-hybridized carbons (Fsp3) is 0.556. The van der Waals surface area contributed by atoms with E-state index < -0.39 is 0 Å². The number of hydrogen-bond donors (Lipinski definition) is 1. The highest BCUT2D eigenvalue weighted by Crippen LogP contribution is 2.33. The summed E-state index contributed by atoms with van der Waals surface area (Å²) in [4.78, 5) is 28.9. The Balaban J connectivity index is 1.72. The molecule has 0 bridgehead atoms. The van der Waals surface area contributed by atoms with Gasteiger partial charge in [0.25, 0.3) is 0 Å². The molecule has 1 aromatic carbocycles. The second-order valence-electron chi connectivity index (χ2n) is 7.50. The van der Waals surface area contributed by atoms with Gasteiger partial charge in [-0.1, -0.05) is 26.0 Å². The van der Waals surface area contributed by atoms with E-state index in [9.17, 15) is 9.59 Å². The summed E-state index contributed by atoms with van der Waals surface area (Å²) in [5.74, 6) is -0.180. The molecule has 2 heterocycles. The average Bonchev–Trinajstić information content (AvgIpc) is 2.91. The second kappa shape index (κ2) is 6.48. The first kappa shape index (κ1) is 17.4. The third kappa shape index (κ3) is 3.22. The molecule has 3 rings (SSSR count). The lowest BCUT2D eigenvalue weighted by Gasteiger charge is -2.43. The Bertz CT molecular complexity index is 661. The number of hydrogen-bond acceptors (Lipinski definition) is 3. The van der Waals surface area contributed by atoms with Crippen LogP contribution in [0.5, 0.6) is 0 Å². The number of nitrogens with two attached hydrogens (primary N) is 1. The number of rotatable bonds is 2. The predicted octanol–water partition coefficient (Wildman–Crippen LogP) is 2.39. The van der Waals surface area contributed by atoms with Crippen LogP contribution in [0.15, 0.2) is 28.7 Å². The van der Waals surface area contributed by atoms with Crippen molar-refractivity contribution in [1.29, 1.82) is 0 Å². The van der Waals surface area contributed by atoms with Crippen molar-refractivity contribution in [3.8, 4) is 0 Å². The number of anilines is 1. The number of amides is 2. The summed E-state index contributed by atoms with van der Waals surface area (Å²) in [7, 11) is 0. The van der Waals surface area contributed by atoms with E-state index in [1.807, 2.05) is 29.2 Å². The molecule has 2 unspecified atom stereocenters. The summed E-state index contributed by atoms with van der Waals surface area (Å²) in [6.07, 6.45) is 1.09. The van der Waals surface area contributed by atoms with Gasteiger partial charge in [-0.05, 0) is 39.9 Å². The Kier molecular flexibility index (Phi) is 4.71. The van der Waals surface area contributed by atoms with Gasteiger partial charge in [-0.15, -0.1) is 0 Å². The maximum Gasteiger partial charge on any atom is 0.228 e. The van der Waals surface area contributed by atoms with E-state index in [0.717, 1.165) is 16.6 Å². The standard InChI is InChI=1S/C18H24BrN3O2/c1-18(2)11-21(8-7-15(18)20)17(24)12-9-16(23)22(10-12)14-6-4-3-5-13(14)19/h3-6,12,15H,7-11,20H2,1-2H3. The normalized spacial score (nSPS) is 26.8. The quantitative estimate of drug-likeness (QED) is 0.838. The third-order valence-corrected chi connectivity index (χ3v) is 5.91. The summed E-state index contributed by atoms with van der Waals surface area (Å²) in [5.41, 5.74) is 6.91. The molecule has 0 aliphatic carbocycles. The molecule has 0 aromatic heterocycles. The van der Waals surface area contributed by atoms with Crippen LogP contribution in [-0.4, -0.2) is 42.4 Å². The van der Waals surface area contributed by atoms with Crippen molar-refractivity contribution >= 4 is 33.4 Å². The van der Waals surface area contributed by atoms with Crippen molar-refractivity contribution in [2.45, 2.75) is 32.7 Å². The summed E-state index contributed by atoms with van der Waals surface area (Å²) in [6.45, 7) is 5.99. The molecule has 2 fully saturated rings. The molecule has 2 atom stereocenters. The zero-order chi connectivity index (χ0) is 17.5. The molecular formula is C18H24BrN3O2. The van der Waals surface area contributed by atoms with Crippen molar-refractivity contribution in [3.05, 3.63) is 28.7 Å². The van der Waals surface area contributed by atoms with Gasteiger partial charge in [0, 0.05) is 36.6 Å². The molecule has 2 aliphatic heterocycles. The minimum Gasteiger partial charge on any atom is -0.342 e. The minimum atomic E-state index is -0.269. The SMILES string of the molecule is CC1(C)CN(C(=O)C2CC(=O)N(c3ccccc3Br)C2)CCC1N. The van der Waals surface area contributed by atoms with E-state index in [0.29, 0.717) is 19.6 Å². The van der Waals surface area contributed by atoms with Crippen LogP contribution in [-0.2, 0) is 9.59 Å². The number of carbonyl (C=O) groups is 2. The Hall–Kier alpha value is -1.40. The van der Waals surface area contributed by atoms with E-state index in [4.69, 9.17) is 5.73 Å². The summed E-state index contributed by atoms with van der Waals surface area (Å²) in [6, 6.07) is 7.74. The van der Waals surface area contributed by atoms with Crippen molar-refractivity contribution in [1.82, 2.24) is 4.90 Å². The van der Waals surface area contributed by atoms with Crippen LogP contribution in [0, 0.1) is 11.3 Å². The lowest BCUT2D eigenvalue weighted by atomic mass is 9.79. The van der Waals surface area contributed by atoms with Crippen molar-refractivity contribution < 1.29 is 9.59 Å². The van der Waals surface area contributed by atoms with Gasteiger partial charge in [0.1, 0.15) is 0 Å². The monoisotopic (exact) mass is 393 g/mol. The predicted molar refractivity (Wildman–Crippen MR) is 97.6 cm³/mol. The zero-order valence-corrected chi connectivity index (χ0v) is 15.8. The molecule has 1 aromatic rings. The number of nitrogens with zero attached hydrogens (tertiary/aromatic N) is 2. The van der Waals surface area contributed by atoms with Gasteiger partial charge in [0.15, 0.2) is 0 Å². The highest BCUT2D eigenvalue weighted by atomic mass is 79.9. The van der Waals surface area contributed by atoms with Crippen LogP contribution in [0.3, 0.4) is 0 Å². The summed E-state index contributed by atoms with van der Waals surface area (Å²) < 4.78 is 0.872. The summed E-state index contributed by atoms with van der Waals surface area (Å²) in [5, 5.41) is 0. The van der Waals surface area contributed by atoms with E-state index in [1.54, 1.807) is 4.90 Å². The van der Waals surface area contributed by atoms with Gasteiger partial charge in [-0.2, -0.15) is 0 Å². The van der Waals surface area contributed by atoms with E-state index in [2.05, 4.69) is 29.8 Å². The molecule has 2 saturated heterocycles. The van der Waals surface area contributed by atoms with Gasteiger partial charge in [0.2, 0.25) is 11.8 Å². The Morgan fingerprint density at radius 1 is 1.33 bits per heavy atom. The van der Waals surface area contributed by atoms with Crippen molar-refractivity contribution in [2.24, 2.45) is 17.1 Å². The third-order valence-electron chi connectivity index (χ3n) is 5.24. The molecule has 5 nitrogen and oxygen atoms in total. The maximum atomic E-state index is 12.9. The lowest BCUT2D eigenvalue weighted by Crippen LogP contribution is -2.55. The van der Waals surface area contributed by atoms with Gasteiger partial charge >= 0.3 is 0 Å². The molecule has 2 amide bonds. The van der Waals surface area contributed by atoms with Gasteiger partial charge in [-0.3, -0.25) is 9.59 Å². The fourth-order valence-electron chi connectivity index (χ4n) is 3.60. The Morgan fingerprint density at radius 2 is 2.04 bits per heavy atom. The average molecular weight is 394 g/mol. The van der Waals surface area contributed by atoms with Crippen LogP contribution in [0.4, 0.5) is 5.69 Å². The van der Waals surface area contributed by atoms with Crippen LogP contribution < -0.4 is 10.6 Å². The molecule has 2 N–H and O–H groups in total. The van der Waals surface area contributed by atoms with E-state index >= 15 is 0 Å². The molecule has 24 heavy (non-hydrogen) atoms. The molecular weight excluding hydrogens is 370 g/mol. The highest BCUT2D eigenvalue weighted by molar-refractivity contribution is 9.10.